The van der Waals surface area contributed by atoms with E-state index in [0.29, 0.717) is 5.69 Å². The lowest BCUT2D eigenvalue weighted by atomic mass is 10.1. The van der Waals surface area contributed by atoms with E-state index in [0.717, 1.165) is 47.2 Å². The van der Waals surface area contributed by atoms with Crippen molar-refractivity contribution < 1.29 is 9.90 Å². The summed E-state index contributed by atoms with van der Waals surface area (Å²) in [4.78, 5) is 11.9. The molecule has 1 aliphatic rings. The topological polar surface area (TPSA) is 80.3 Å². The molecule has 1 heterocycles. The summed E-state index contributed by atoms with van der Waals surface area (Å²) in [6, 6.07) is 13.0. The molecule has 1 fully saturated rings. The Morgan fingerprint density at radius 2 is 1.96 bits per heavy atom. The first-order valence-corrected chi connectivity index (χ1v) is 8.60. The van der Waals surface area contributed by atoms with Crippen molar-refractivity contribution in [2.24, 2.45) is 5.92 Å². The van der Waals surface area contributed by atoms with Crippen molar-refractivity contribution in [3.05, 3.63) is 42.5 Å². The van der Waals surface area contributed by atoms with Gasteiger partial charge in [0.15, 0.2) is 0 Å². The van der Waals surface area contributed by atoms with Gasteiger partial charge in [-0.2, -0.15) is 0 Å². The molecule has 4 rings (SSSR count). The molecule has 0 unspecified atom stereocenters. The molecule has 2 aromatic carbocycles. The van der Waals surface area contributed by atoms with Gasteiger partial charge in [-0.3, -0.25) is 4.79 Å². The third-order valence-electron chi connectivity index (χ3n) is 4.78. The van der Waals surface area contributed by atoms with Crippen LogP contribution in [-0.4, -0.2) is 15.6 Å². The first kappa shape index (κ1) is 15.6. The fraction of sp³-hybridized carbons (Fsp3) is 0.250. The van der Waals surface area contributed by atoms with Crippen LogP contribution in [0.3, 0.4) is 0 Å². The zero-order valence-corrected chi connectivity index (χ0v) is 14.1. The maximum atomic E-state index is 11.9. The number of nitrogens with zero attached hydrogens (tertiary/aromatic N) is 1. The highest BCUT2D eigenvalue weighted by Crippen LogP contribution is 2.38. The number of rotatable bonds is 4. The number of amides is 1. The van der Waals surface area contributed by atoms with E-state index in [4.69, 9.17) is 5.73 Å². The van der Waals surface area contributed by atoms with Crippen LogP contribution >= 0.6 is 0 Å². The van der Waals surface area contributed by atoms with E-state index in [9.17, 15) is 9.90 Å². The smallest absolute Gasteiger partial charge is 0.227 e. The minimum absolute atomic E-state index is 0.102. The third kappa shape index (κ3) is 2.71. The van der Waals surface area contributed by atoms with Gasteiger partial charge in [0.05, 0.1) is 16.9 Å². The number of nitrogens with one attached hydrogen (secondary N) is 1. The Hall–Kier alpha value is -2.95. The number of carbonyl (C=O) groups is 1. The number of hydrogen-bond donors (Lipinski definition) is 3. The molecular formula is C20H21N3O2. The van der Waals surface area contributed by atoms with Crippen LogP contribution in [0.5, 0.6) is 5.75 Å². The molecule has 25 heavy (non-hydrogen) atoms. The lowest BCUT2D eigenvalue weighted by molar-refractivity contribution is -0.117. The average Bonchev–Trinajstić information content (AvgIpc) is 3.41. The standard InChI is InChI=1S/C20H21N3O2/c1-2-23-17-11-15(24)9-10-16(17)18(21)19(23)12-5-7-14(8-6-12)22-20(25)13-3-4-13/h5-11,13,24H,2-4,21H2,1H3,(H,22,25). The Bertz CT molecular complexity index is 953. The molecule has 128 valence electrons. The fourth-order valence-electron chi connectivity index (χ4n) is 3.31. The summed E-state index contributed by atoms with van der Waals surface area (Å²) < 4.78 is 2.10. The summed E-state index contributed by atoms with van der Waals surface area (Å²) in [6.45, 7) is 2.79. The van der Waals surface area contributed by atoms with Crippen molar-refractivity contribution in [1.29, 1.82) is 0 Å². The van der Waals surface area contributed by atoms with Gasteiger partial charge in [0, 0.05) is 35.2 Å². The maximum Gasteiger partial charge on any atom is 0.227 e. The molecule has 3 aromatic rings. The Balaban J connectivity index is 1.73. The summed E-state index contributed by atoms with van der Waals surface area (Å²) >= 11 is 0. The number of phenols is 1. The molecule has 1 aliphatic carbocycles. The van der Waals surface area contributed by atoms with E-state index in [1.165, 1.54) is 0 Å². The van der Waals surface area contributed by atoms with E-state index in [2.05, 4.69) is 16.8 Å². The Kier molecular flexibility index (Phi) is 3.64. The summed E-state index contributed by atoms with van der Waals surface area (Å²) in [6.07, 6.45) is 1.98. The molecule has 0 bridgehead atoms. The van der Waals surface area contributed by atoms with Gasteiger partial charge in [-0.1, -0.05) is 12.1 Å². The Labute approximate surface area is 146 Å². The molecule has 0 atom stereocenters. The van der Waals surface area contributed by atoms with Crippen LogP contribution < -0.4 is 11.1 Å². The number of phenolic OH excluding ortho intramolecular Hbond substituents is 1. The summed E-state index contributed by atoms with van der Waals surface area (Å²) in [5, 5.41) is 13.7. The van der Waals surface area contributed by atoms with Gasteiger partial charge in [0.25, 0.3) is 0 Å². The zero-order chi connectivity index (χ0) is 17.6. The second kappa shape index (κ2) is 5.84. The normalized spacial score (nSPS) is 14.0. The van der Waals surface area contributed by atoms with Gasteiger partial charge in [0.2, 0.25) is 5.91 Å². The quantitative estimate of drug-likeness (QED) is 0.675. The fourth-order valence-corrected chi connectivity index (χ4v) is 3.31. The van der Waals surface area contributed by atoms with Crippen molar-refractivity contribution in [3.63, 3.8) is 0 Å². The SMILES string of the molecule is CCn1c(-c2ccc(NC(=O)C3CC3)cc2)c(N)c2ccc(O)cc21. The number of nitrogen functional groups attached to an aromatic ring is 1. The second-order valence-corrected chi connectivity index (χ2v) is 6.55. The highest BCUT2D eigenvalue weighted by atomic mass is 16.3. The van der Waals surface area contributed by atoms with Crippen LogP contribution in [0.15, 0.2) is 42.5 Å². The first-order chi connectivity index (χ1) is 12.1. The molecule has 0 spiro atoms. The van der Waals surface area contributed by atoms with E-state index in [1.807, 2.05) is 30.3 Å². The number of nitrogens with two attached hydrogens (primary N) is 1. The van der Waals surface area contributed by atoms with E-state index < -0.39 is 0 Å². The van der Waals surface area contributed by atoms with Crippen molar-refractivity contribution in [2.75, 3.05) is 11.1 Å². The summed E-state index contributed by atoms with van der Waals surface area (Å²) in [5.74, 6) is 0.514. The van der Waals surface area contributed by atoms with Crippen molar-refractivity contribution in [2.45, 2.75) is 26.3 Å². The number of aromatic hydroxyl groups is 1. The Morgan fingerprint density at radius 3 is 2.60 bits per heavy atom. The van der Waals surface area contributed by atoms with Gasteiger partial charge in [-0.05, 0) is 44.0 Å². The highest BCUT2D eigenvalue weighted by molar-refractivity contribution is 6.01. The van der Waals surface area contributed by atoms with Crippen LogP contribution in [0.4, 0.5) is 11.4 Å². The number of carbonyl (C=O) groups excluding carboxylic acids is 1. The maximum absolute atomic E-state index is 11.9. The average molecular weight is 335 g/mol. The van der Waals surface area contributed by atoms with Crippen LogP contribution in [-0.2, 0) is 11.3 Å². The van der Waals surface area contributed by atoms with Crippen molar-refractivity contribution in [1.82, 2.24) is 4.57 Å². The number of benzene rings is 2. The van der Waals surface area contributed by atoms with Gasteiger partial charge in [-0.15, -0.1) is 0 Å². The summed E-state index contributed by atoms with van der Waals surface area (Å²) in [5.41, 5.74) is 10.7. The Morgan fingerprint density at radius 1 is 1.24 bits per heavy atom. The first-order valence-electron chi connectivity index (χ1n) is 8.60. The molecule has 0 radical (unpaired) electrons. The largest absolute Gasteiger partial charge is 0.508 e. The van der Waals surface area contributed by atoms with E-state index in [1.54, 1.807) is 12.1 Å². The number of anilines is 2. The molecule has 1 amide bonds. The highest BCUT2D eigenvalue weighted by Gasteiger charge is 2.29. The minimum Gasteiger partial charge on any atom is -0.508 e. The monoisotopic (exact) mass is 335 g/mol. The van der Waals surface area contributed by atoms with Crippen molar-refractivity contribution >= 4 is 28.2 Å². The lowest BCUT2D eigenvalue weighted by Crippen LogP contribution is -2.13. The number of fused-ring (bicyclic) bond motifs is 1. The van der Waals surface area contributed by atoms with Crippen molar-refractivity contribution in [3.8, 4) is 17.0 Å². The predicted octanol–water partition coefficient (Wildman–Crippen LogP) is 3.96. The van der Waals surface area contributed by atoms with Gasteiger partial charge >= 0.3 is 0 Å². The van der Waals surface area contributed by atoms with Gasteiger partial charge < -0.3 is 20.7 Å². The van der Waals surface area contributed by atoms with E-state index in [-0.39, 0.29) is 17.6 Å². The minimum atomic E-state index is 0.102. The molecule has 1 aromatic heterocycles. The predicted molar refractivity (Wildman–Crippen MR) is 100 cm³/mol. The van der Waals surface area contributed by atoms with Gasteiger partial charge in [0.1, 0.15) is 5.75 Å². The summed E-state index contributed by atoms with van der Waals surface area (Å²) in [7, 11) is 0. The zero-order valence-electron chi connectivity index (χ0n) is 14.1. The molecule has 4 N–H and O–H groups in total. The van der Waals surface area contributed by atoms with E-state index >= 15 is 0 Å². The molecule has 5 heteroatoms. The van der Waals surface area contributed by atoms with Crippen LogP contribution in [0.2, 0.25) is 0 Å². The molecule has 0 saturated heterocycles. The van der Waals surface area contributed by atoms with Gasteiger partial charge in [-0.25, -0.2) is 0 Å². The lowest BCUT2D eigenvalue weighted by Gasteiger charge is -2.10. The van der Waals surface area contributed by atoms with Crippen LogP contribution in [0.25, 0.3) is 22.2 Å². The number of aromatic nitrogens is 1. The molecule has 0 aliphatic heterocycles. The molecule has 5 nitrogen and oxygen atoms in total. The second-order valence-electron chi connectivity index (χ2n) is 6.55. The molecular weight excluding hydrogens is 314 g/mol. The van der Waals surface area contributed by atoms with Crippen LogP contribution in [0.1, 0.15) is 19.8 Å². The number of aryl methyl sites for hydroxylation is 1. The molecule has 1 saturated carbocycles. The van der Waals surface area contributed by atoms with Crippen LogP contribution in [0, 0.1) is 5.92 Å². The number of hydrogen-bond acceptors (Lipinski definition) is 3. The third-order valence-corrected chi connectivity index (χ3v) is 4.78.